The van der Waals surface area contributed by atoms with Crippen molar-refractivity contribution in [2.24, 2.45) is 0 Å². The molecule has 1 N–H and O–H groups in total. The number of nitrogens with one attached hydrogen (secondary N) is 1. The van der Waals surface area contributed by atoms with Gasteiger partial charge in [0.25, 0.3) is 0 Å². The molecule has 2 nitrogen and oxygen atoms in total. The van der Waals surface area contributed by atoms with Gasteiger partial charge in [-0.15, -0.1) is 0 Å². The lowest BCUT2D eigenvalue weighted by Gasteiger charge is -2.29. The van der Waals surface area contributed by atoms with Gasteiger partial charge in [0.1, 0.15) is 0 Å². The summed E-state index contributed by atoms with van der Waals surface area (Å²) in [7, 11) is 0. The summed E-state index contributed by atoms with van der Waals surface area (Å²) in [5.74, 6) is 0. The van der Waals surface area contributed by atoms with Crippen LogP contribution in [0.25, 0.3) is 5.57 Å². The van der Waals surface area contributed by atoms with Crippen LogP contribution in [0.3, 0.4) is 0 Å². The van der Waals surface area contributed by atoms with Gasteiger partial charge in [0.05, 0.1) is 0 Å². The van der Waals surface area contributed by atoms with E-state index in [1.54, 1.807) is 11.1 Å². The zero-order chi connectivity index (χ0) is 14.5. The quantitative estimate of drug-likeness (QED) is 0.909. The van der Waals surface area contributed by atoms with Gasteiger partial charge in [0.2, 0.25) is 0 Å². The number of benzene rings is 1. The monoisotopic (exact) mass is 304 g/mol. The lowest BCUT2D eigenvalue weighted by atomic mass is 9.95. The van der Waals surface area contributed by atoms with Crippen LogP contribution in [-0.2, 0) is 0 Å². The van der Waals surface area contributed by atoms with E-state index in [1.165, 1.54) is 50.8 Å². The van der Waals surface area contributed by atoms with Crippen LogP contribution in [0.1, 0.15) is 37.7 Å². The van der Waals surface area contributed by atoms with Gasteiger partial charge < -0.3 is 5.32 Å². The second-order valence-corrected chi connectivity index (χ2v) is 6.61. The standard InChI is InChI=1S/C18H25ClN2/c19-17-8-6-15(7-9-17)18-5-3-1-2-4-16(18)14-21-12-10-20-11-13-21/h6-9,20H,1-5,10-14H2. The van der Waals surface area contributed by atoms with Gasteiger partial charge in [-0.25, -0.2) is 0 Å². The first-order chi connectivity index (χ1) is 10.3. The third kappa shape index (κ3) is 4.09. The van der Waals surface area contributed by atoms with Crippen LogP contribution in [0, 0.1) is 0 Å². The Kier molecular flexibility index (Phi) is 5.34. The molecule has 0 aromatic heterocycles. The first-order valence-electron chi connectivity index (χ1n) is 8.23. The Labute approximate surface area is 133 Å². The molecule has 1 aromatic rings. The highest BCUT2D eigenvalue weighted by Crippen LogP contribution is 2.32. The van der Waals surface area contributed by atoms with Gasteiger partial charge in [-0.3, -0.25) is 4.90 Å². The molecule has 3 rings (SSSR count). The van der Waals surface area contributed by atoms with Crippen LogP contribution in [0.15, 0.2) is 29.8 Å². The second-order valence-electron chi connectivity index (χ2n) is 6.18. The van der Waals surface area contributed by atoms with Crippen LogP contribution >= 0.6 is 11.6 Å². The molecule has 1 aliphatic heterocycles. The molecule has 0 unspecified atom stereocenters. The fraction of sp³-hybridized carbons (Fsp3) is 0.556. The van der Waals surface area contributed by atoms with Crippen molar-refractivity contribution in [3.8, 4) is 0 Å². The number of nitrogens with zero attached hydrogens (tertiary/aromatic N) is 1. The van der Waals surface area contributed by atoms with E-state index in [9.17, 15) is 0 Å². The molecule has 3 heteroatoms. The molecule has 1 fully saturated rings. The van der Waals surface area contributed by atoms with Gasteiger partial charge in [0.15, 0.2) is 0 Å². The van der Waals surface area contributed by atoms with Crippen LogP contribution in [0.2, 0.25) is 5.02 Å². The molecule has 0 radical (unpaired) electrons. The number of hydrogen-bond donors (Lipinski definition) is 1. The summed E-state index contributed by atoms with van der Waals surface area (Å²) in [6.45, 7) is 5.77. The van der Waals surface area contributed by atoms with Crippen molar-refractivity contribution in [3.63, 3.8) is 0 Å². The maximum atomic E-state index is 6.04. The van der Waals surface area contributed by atoms with E-state index in [0.29, 0.717) is 0 Å². The minimum atomic E-state index is 0.830. The topological polar surface area (TPSA) is 15.3 Å². The third-order valence-corrected chi connectivity index (χ3v) is 4.90. The van der Waals surface area contributed by atoms with Crippen molar-refractivity contribution in [1.29, 1.82) is 0 Å². The van der Waals surface area contributed by atoms with E-state index in [1.807, 2.05) is 12.1 Å². The first-order valence-corrected chi connectivity index (χ1v) is 8.60. The number of hydrogen-bond acceptors (Lipinski definition) is 2. The van der Waals surface area contributed by atoms with Crippen LogP contribution in [0.4, 0.5) is 0 Å². The summed E-state index contributed by atoms with van der Waals surface area (Å²) >= 11 is 6.04. The maximum Gasteiger partial charge on any atom is 0.0406 e. The highest BCUT2D eigenvalue weighted by Gasteiger charge is 2.17. The minimum Gasteiger partial charge on any atom is -0.314 e. The molecule has 0 atom stereocenters. The van der Waals surface area contributed by atoms with E-state index < -0.39 is 0 Å². The van der Waals surface area contributed by atoms with Gasteiger partial charge in [0, 0.05) is 37.7 Å². The number of piperazine rings is 1. The summed E-state index contributed by atoms with van der Waals surface area (Å²) in [4.78, 5) is 2.60. The Balaban J connectivity index is 1.83. The number of halogens is 1. The summed E-state index contributed by atoms with van der Waals surface area (Å²) in [6, 6.07) is 8.44. The van der Waals surface area contributed by atoms with Crippen molar-refractivity contribution in [3.05, 3.63) is 40.4 Å². The van der Waals surface area contributed by atoms with Gasteiger partial charge in [-0.2, -0.15) is 0 Å². The molecule has 2 aliphatic rings. The highest BCUT2D eigenvalue weighted by atomic mass is 35.5. The highest BCUT2D eigenvalue weighted by molar-refractivity contribution is 6.30. The Hall–Kier alpha value is -0.830. The molecule has 0 spiro atoms. The molecule has 1 aliphatic carbocycles. The molecule has 0 bridgehead atoms. The predicted octanol–water partition coefficient (Wildman–Crippen LogP) is 3.96. The zero-order valence-corrected chi connectivity index (χ0v) is 13.5. The minimum absolute atomic E-state index is 0.830. The van der Waals surface area contributed by atoms with E-state index >= 15 is 0 Å². The molecule has 114 valence electrons. The SMILES string of the molecule is Clc1ccc(C2=C(CN3CCNCC3)CCCCC2)cc1. The number of rotatable bonds is 3. The van der Waals surface area contributed by atoms with E-state index in [0.717, 1.165) is 24.7 Å². The Bertz CT molecular complexity index is 486. The molecular formula is C18H25ClN2. The van der Waals surface area contributed by atoms with E-state index in [-0.39, 0.29) is 0 Å². The van der Waals surface area contributed by atoms with Crippen molar-refractivity contribution >= 4 is 17.2 Å². The third-order valence-electron chi connectivity index (χ3n) is 4.65. The van der Waals surface area contributed by atoms with E-state index in [2.05, 4.69) is 22.3 Å². The molecule has 1 aromatic carbocycles. The zero-order valence-electron chi connectivity index (χ0n) is 12.7. The first kappa shape index (κ1) is 15.1. The molecule has 0 amide bonds. The Morgan fingerprint density at radius 1 is 0.952 bits per heavy atom. The van der Waals surface area contributed by atoms with E-state index in [4.69, 9.17) is 11.6 Å². The molecule has 21 heavy (non-hydrogen) atoms. The smallest absolute Gasteiger partial charge is 0.0406 e. The summed E-state index contributed by atoms with van der Waals surface area (Å²) < 4.78 is 0. The van der Waals surface area contributed by atoms with Crippen LogP contribution in [0.5, 0.6) is 0 Å². The van der Waals surface area contributed by atoms with Crippen molar-refractivity contribution < 1.29 is 0 Å². The predicted molar refractivity (Wildman–Crippen MR) is 90.8 cm³/mol. The van der Waals surface area contributed by atoms with Crippen molar-refractivity contribution in [1.82, 2.24) is 10.2 Å². The second kappa shape index (κ2) is 7.44. The normalized spacial score (nSPS) is 21.4. The average molecular weight is 305 g/mol. The lowest BCUT2D eigenvalue weighted by molar-refractivity contribution is 0.257. The average Bonchev–Trinajstić information content (AvgIpc) is 2.75. The van der Waals surface area contributed by atoms with Gasteiger partial charge in [-0.05, 0) is 49.0 Å². The molecule has 1 heterocycles. The van der Waals surface area contributed by atoms with Gasteiger partial charge in [-0.1, -0.05) is 35.7 Å². The van der Waals surface area contributed by atoms with Crippen LogP contribution in [-0.4, -0.2) is 37.6 Å². The van der Waals surface area contributed by atoms with Gasteiger partial charge >= 0.3 is 0 Å². The molecule has 0 saturated carbocycles. The van der Waals surface area contributed by atoms with Crippen molar-refractivity contribution in [2.45, 2.75) is 32.1 Å². The van der Waals surface area contributed by atoms with Crippen molar-refractivity contribution in [2.75, 3.05) is 32.7 Å². The summed E-state index contributed by atoms with van der Waals surface area (Å²) in [5.41, 5.74) is 4.63. The molecule has 1 saturated heterocycles. The fourth-order valence-corrected chi connectivity index (χ4v) is 3.58. The summed E-state index contributed by atoms with van der Waals surface area (Å²) in [6.07, 6.45) is 6.52. The fourth-order valence-electron chi connectivity index (χ4n) is 3.46. The summed E-state index contributed by atoms with van der Waals surface area (Å²) in [5, 5.41) is 4.27. The van der Waals surface area contributed by atoms with Crippen LogP contribution < -0.4 is 5.32 Å². The largest absolute Gasteiger partial charge is 0.314 e. The lowest BCUT2D eigenvalue weighted by Crippen LogP contribution is -2.44. The maximum absolute atomic E-state index is 6.04. The Morgan fingerprint density at radius 3 is 2.43 bits per heavy atom. The molecular weight excluding hydrogens is 280 g/mol. The Morgan fingerprint density at radius 2 is 1.67 bits per heavy atom. The number of allylic oxidation sites excluding steroid dienone is 1.